The normalized spacial score (nSPS) is 14.0. The predicted molar refractivity (Wildman–Crippen MR) is 113 cm³/mol. The summed E-state index contributed by atoms with van der Waals surface area (Å²) in [5.41, 5.74) is 1.36. The SMILES string of the molecule is C=C[P+](Cc1ccccc1)(c1ccccc1)c1ccccc1.F[P-](F)(F)(F)(F)F. The fraction of sp³-hybridized carbons (Fsp3) is 0.0476. The van der Waals surface area contributed by atoms with E-state index in [2.05, 4.69) is 103 Å². The molecular weight excluding hydrogens is 428 g/mol. The molecule has 29 heavy (non-hydrogen) atoms. The Morgan fingerprint density at radius 1 is 0.621 bits per heavy atom. The third kappa shape index (κ3) is 8.39. The van der Waals surface area contributed by atoms with E-state index in [4.69, 9.17) is 0 Å². The van der Waals surface area contributed by atoms with Crippen LogP contribution in [0.25, 0.3) is 0 Å². The maximum absolute atomic E-state index is 10.7. The van der Waals surface area contributed by atoms with E-state index in [0.717, 1.165) is 6.16 Å². The molecule has 0 amide bonds. The molecule has 0 aliphatic heterocycles. The molecule has 0 radical (unpaired) electrons. The topological polar surface area (TPSA) is 0 Å². The zero-order chi connectivity index (χ0) is 21.7. The zero-order valence-electron chi connectivity index (χ0n) is 15.3. The van der Waals surface area contributed by atoms with Crippen LogP contribution in [0.15, 0.2) is 103 Å². The molecule has 3 rings (SSSR count). The van der Waals surface area contributed by atoms with E-state index in [1.165, 1.54) is 16.2 Å². The average molecular weight is 448 g/mol. The summed E-state index contributed by atoms with van der Waals surface area (Å²) < 4.78 is 59.2. The first-order chi connectivity index (χ1) is 13.3. The Morgan fingerprint density at radius 2 is 0.931 bits per heavy atom. The predicted octanol–water partition coefficient (Wildman–Crippen LogP) is 8.38. The summed E-state index contributed by atoms with van der Waals surface area (Å²) in [5.74, 6) is 2.20. The second-order valence-corrected chi connectivity index (χ2v) is 11.7. The molecule has 0 saturated heterocycles. The fourth-order valence-electron chi connectivity index (χ4n) is 2.87. The van der Waals surface area contributed by atoms with Crippen LogP contribution in [0.2, 0.25) is 0 Å². The van der Waals surface area contributed by atoms with Crippen molar-refractivity contribution >= 4 is 25.7 Å². The maximum atomic E-state index is 9.87. The van der Waals surface area contributed by atoms with Gasteiger partial charge in [0.05, 0.1) is 12.0 Å². The van der Waals surface area contributed by atoms with Crippen molar-refractivity contribution in [2.45, 2.75) is 6.16 Å². The summed E-state index contributed by atoms with van der Waals surface area (Å²) in [6.07, 6.45) is 1.02. The van der Waals surface area contributed by atoms with Crippen LogP contribution < -0.4 is 10.6 Å². The average Bonchev–Trinajstić information content (AvgIpc) is 2.66. The molecular formula is C21H20F6P2. The Balaban J connectivity index is 0.000000370. The van der Waals surface area contributed by atoms with Gasteiger partial charge < -0.3 is 0 Å². The standard InChI is InChI=1S/C21H20P.F6P/c1-2-22(20-14-8-4-9-15-20,21-16-10-5-11-17-21)18-19-12-6-3-7-13-19;1-7(2,3,4,5)6/h2-17H,1,18H2;/q+1;-1. The molecule has 0 aromatic heterocycles. The van der Waals surface area contributed by atoms with Crippen LogP contribution in [0.1, 0.15) is 5.56 Å². The third-order valence-electron chi connectivity index (χ3n) is 4.02. The number of hydrogen-bond acceptors (Lipinski definition) is 0. The Morgan fingerprint density at radius 3 is 1.24 bits per heavy atom. The van der Waals surface area contributed by atoms with E-state index in [9.17, 15) is 25.2 Å². The van der Waals surface area contributed by atoms with Crippen LogP contribution in [0.3, 0.4) is 0 Å². The van der Waals surface area contributed by atoms with Crippen molar-refractivity contribution in [1.29, 1.82) is 0 Å². The summed E-state index contributed by atoms with van der Waals surface area (Å²) in [5, 5.41) is 2.78. The van der Waals surface area contributed by atoms with Crippen molar-refractivity contribution in [1.82, 2.24) is 0 Å². The minimum atomic E-state index is -10.7. The van der Waals surface area contributed by atoms with Gasteiger partial charge in [-0.3, -0.25) is 0 Å². The molecule has 0 atom stereocenters. The Labute approximate surface area is 166 Å². The van der Waals surface area contributed by atoms with Crippen molar-refractivity contribution in [3.8, 4) is 0 Å². The molecule has 8 heteroatoms. The number of halogens is 6. The fourth-order valence-corrected chi connectivity index (χ4v) is 6.28. The molecule has 0 heterocycles. The van der Waals surface area contributed by atoms with Gasteiger partial charge in [0.1, 0.15) is 17.9 Å². The van der Waals surface area contributed by atoms with E-state index in [1.54, 1.807) is 0 Å². The van der Waals surface area contributed by atoms with Gasteiger partial charge >= 0.3 is 33.0 Å². The van der Waals surface area contributed by atoms with E-state index in [1.807, 2.05) is 0 Å². The third-order valence-corrected chi connectivity index (χ3v) is 7.95. The van der Waals surface area contributed by atoms with Gasteiger partial charge in [-0.05, 0) is 29.8 Å². The summed E-state index contributed by atoms with van der Waals surface area (Å²) >= 11 is 0. The minimum absolute atomic E-state index is 1.02. The van der Waals surface area contributed by atoms with Gasteiger partial charge in [-0.1, -0.05) is 73.3 Å². The van der Waals surface area contributed by atoms with E-state index in [-0.39, 0.29) is 0 Å². The molecule has 0 N–H and O–H groups in total. The van der Waals surface area contributed by atoms with Crippen LogP contribution in [0.5, 0.6) is 0 Å². The van der Waals surface area contributed by atoms with Crippen LogP contribution in [0.4, 0.5) is 25.2 Å². The number of hydrogen-bond donors (Lipinski definition) is 0. The summed E-state index contributed by atoms with van der Waals surface area (Å²) in [4.78, 5) is 0. The van der Waals surface area contributed by atoms with Crippen molar-refractivity contribution in [2.75, 3.05) is 0 Å². The van der Waals surface area contributed by atoms with Crippen LogP contribution in [-0.4, -0.2) is 0 Å². The van der Waals surface area contributed by atoms with Gasteiger partial charge in [-0.2, -0.15) is 0 Å². The number of benzene rings is 3. The van der Waals surface area contributed by atoms with E-state index in [0.29, 0.717) is 0 Å². The van der Waals surface area contributed by atoms with Crippen LogP contribution in [0, 0.1) is 0 Å². The first-order valence-corrected chi connectivity index (χ1v) is 12.6. The van der Waals surface area contributed by atoms with E-state index < -0.39 is 15.1 Å². The van der Waals surface area contributed by atoms with Gasteiger partial charge in [0, 0.05) is 0 Å². The van der Waals surface area contributed by atoms with Crippen molar-refractivity contribution in [3.63, 3.8) is 0 Å². The summed E-state index contributed by atoms with van der Waals surface area (Å²) in [7, 11) is -12.3. The summed E-state index contributed by atoms with van der Waals surface area (Å²) in [6, 6.07) is 32.4. The zero-order valence-corrected chi connectivity index (χ0v) is 17.1. The van der Waals surface area contributed by atoms with Crippen molar-refractivity contribution in [2.24, 2.45) is 0 Å². The first kappa shape index (κ1) is 23.1. The van der Waals surface area contributed by atoms with Crippen molar-refractivity contribution in [3.05, 3.63) is 109 Å². The molecule has 0 unspecified atom stereocenters. The Kier molecular flexibility index (Phi) is 6.32. The second kappa shape index (κ2) is 7.93. The van der Waals surface area contributed by atoms with Crippen LogP contribution >= 0.6 is 15.1 Å². The molecule has 156 valence electrons. The van der Waals surface area contributed by atoms with Gasteiger partial charge in [0.2, 0.25) is 0 Å². The van der Waals surface area contributed by atoms with Gasteiger partial charge in [-0.25, -0.2) is 0 Å². The van der Waals surface area contributed by atoms with Gasteiger partial charge in [-0.15, -0.1) is 0 Å². The van der Waals surface area contributed by atoms with Gasteiger partial charge in [0.15, 0.2) is 0 Å². The van der Waals surface area contributed by atoms with Crippen molar-refractivity contribution < 1.29 is 25.2 Å². The van der Waals surface area contributed by atoms with Crippen LogP contribution in [-0.2, 0) is 6.16 Å². The monoisotopic (exact) mass is 448 g/mol. The first-order valence-electron chi connectivity index (χ1n) is 8.53. The van der Waals surface area contributed by atoms with E-state index >= 15 is 0 Å². The van der Waals surface area contributed by atoms with Gasteiger partial charge in [0.25, 0.3) is 0 Å². The molecule has 0 saturated carbocycles. The quantitative estimate of drug-likeness (QED) is 0.272. The molecule has 0 spiro atoms. The molecule has 0 bridgehead atoms. The molecule has 0 fully saturated rings. The summed E-state index contributed by atoms with van der Waals surface area (Å²) in [6.45, 7) is 4.23. The Bertz CT molecular complexity index is 874. The molecule has 0 nitrogen and oxygen atoms in total. The Hall–Kier alpha value is -2.16. The number of rotatable bonds is 5. The second-order valence-electron chi connectivity index (χ2n) is 6.32. The molecule has 0 aliphatic rings. The molecule has 3 aromatic carbocycles. The molecule has 3 aromatic rings. The molecule has 0 aliphatic carbocycles.